The number of halogens is 6. The number of benzene rings is 2. The third-order valence-corrected chi connectivity index (χ3v) is 7.09. The summed E-state index contributed by atoms with van der Waals surface area (Å²) in [6.45, 7) is 1.82. The van der Waals surface area contributed by atoms with Crippen molar-refractivity contribution in [2.24, 2.45) is 5.92 Å². The van der Waals surface area contributed by atoms with Gasteiger partial charge >= 0.3 is 18.3 Å². The molecule has 0 spiro atoms. The molecule has 1 unspecified atom stereocenters. The molecule has 0 saturated heterocycles. The normalized spacial score (nSPS) is 15.2. The van der Waals surface area contributed by atoms with Crippen LogP contribution in [-0.4, -0.2) is 36.6 Å². The van der Waals surface area contributed by atoms with Gasteiger partial charge in [0.25, 0.3) is 0 Å². The van der Waals surface area contributed by atoms with Crippen LogP contribution in [0.5, 0.6) is 0 Å². The zero-order valence-corrected chi connectivity index (χ0v) is 21.0. The lowest BCUT2D eigenvalue weighted by atomic mass is 9.80. The summed E-state index contributed by atoms with van der Waals surface area (Å²) < 4.78 is 81.4. The minimum absolute atomic E-state index is 0.0252. The fraction of sp³-hybridized carbons (Fsp3) is 0.333. The van der Waals surface area contributed by atoms with Gasteiger partial charge in [-0.1, -0.05) is 30.7 Å². The Morgan fingerprint density at radius 3 is 2.25 bits per heavy atom. The first-order valence-electron chi connectivity index (χ1n) is 12.4. The molecule has 2 heterocycles. The molecule has 1 saturated carbocycles. The molecule has 1 atom stereocenters. The van der Waals surface area contributed by atoms with Gasteiger partial charge in [0.15, 0.2) is 11.5 Å². The van der Waals surface area contributed by atoms with E-state index in [-0.39, 0.29) is 41.0 Å². The van der Waals surface area contributed by atoms with Gasteiger partial charge in [0.1, 0.15) is 11.3 Å². The van der Waals surface area contributed by atoms with Crippen LogP contribution in [0.25, 0.3) is 22.6 Å². The first kappa shape index (κ1) is 27.4. The van der Waals surface area contributed by atoms with Crippen LogP contribution in [0.2, 0.25) is 0 Å². The van der Waals surface area contributed by atoms with E-state index in [4.69, 9.17) is 0 Å². The molecular formula is C27H23F6N5O2. The lowest BCUT2D eigenvalue weighted by molar-refractivity contribution is -0.138. The molecule has 2 aromatic carbocycles. The number of hydrogen-bond donors (Lipinski definition) is 2. The number of alkyl halides is 6. The maximum absolute atomic E-state index is 13.5. The Balaban J connectivity index is 1.70. The molecule has 1 fully saturated rings. The zero-order valence-electron chi connectivity index (χ0n) is 21.0. The van der Waals surface area contributed by atoms with Gasteiger partial charge in [0.05, 0.1) is 11.1 Å². The Morgan fingerprint density at radius 2 is 1.68 bits per heavy atom. The number of carboxylic acid groups (broad SMARTS) is 1. The van der Waals surface area contributed by atoms with Crippen LogP contribution < -0.4 is 5.32 Å². The summed E-state index contributed by atoms with van der Waals surface area (Å²) in [5, 5.41) is 12.8. The average Bonchev–Trinajstić information content (AvgIpc) is 3.20. The molecule has 210 valence electrons. The number of aromatic carboxylic acids is 1. The summed E-state index contributed by atoms with van der Waals surface area (Å²) in [5.74, 6) is -1.51. The lowest BCUT2D eigenvalue weighted by Crippen LogP contribution is -2.31. The number of fused-ring (bicyclic) bond motifs is 1. The third-order valence-electron chi connectivity index (χ3n) is 7.09. The smallest absolute Gasteiger partial charge is 0.416 e. The highest BCUT2D eigenvalue weighted by molar-refractivity contribution is 5.92. The Labute approximate surface area is 223 Å². The molecule has 0 bridgehead atoms. The van der Waals surface area contributed by atoms with E-state index in [1.165, 1.54) is 28.8 Å². The molecular weight excluding hydrogens is 540 g/mol. The molecule has 13 heteroatoms. The summed E-state index contributed by atoms with van der Waals surface area (Å²) in [7, 11) is 0. The zero-order chi connectivity index (χ0) is 28.8. The maximum atomic E-state index is 13.5. The number of nitrogens with one attached hydrogen (secondary N) is 1. The van der Waals surface area contributed by atoms with Crippen molar-refractivity contribution in [1.29, 1.82) is 0 Å². The highest BCUT2D eigenvalue weighted by Gasteiger charge is 2.32. The van der Waals surface area contributed by atoms with Crippen LogP contribution in [0.4, 0.5) is 32.2 Å². The number of nitrogens with zero attached hydrogens (tertiary/aromatic N) is 4. The molecule has 7 nitrogen and oxygen atoms in total. The molecule has 2 aromatic heterocycles. The second-order valence-electron chi connectivity index (χ2n) is 9.79. The molecule has 0 radical (unpaired) electrons. The van der Waals surface area contributed by atoms with E-state index in [1.807, 2.05) is 6.92 Å². The quantitative estimate of drug-likeness (QED) is 0.238. The van der Waals surface area contributed by atoms with Crippen molar-refractivity contribution < 1.29 is 36.2 Å². The van der Waals surface area contributed by atoms with Crippen molar-refractivity contribution >= 4 is 23.0 Å². The van der Waals surface area contributed by atoms with E-state index in [2.05, 4.69) is 20.3 Å². The number of rotatable bonds is 7. The number of aromatic nitrogens is 4. The van der Waals surface area contributed by atoms with Crippen molar-refractivity contribution in [3.8, 4) is 11.4 Å². The van der Waals surface area contributed by atoms with E-state index in [0.29, 0.717) is 11.5 Å². The van der Waals surface area contributed by atoms with Gasteiger partial charge in [-0.2, -0.15) is 26.3 Å². The van der Waals surface area contributed by atoms with Crippen LogP contribution in [0.15, 0.2) is 48.5 Å². The van der Waals surface area contributed by atoms with Crippen LogP contribution in [-0.2, 0) is 18.9 Å². The fourth-order valence-electron chi connectivity index (χ4n) is 4.70. The predicted molar refractivity (Wildman–Crippen MR) is 134 cm³/mol. The summed E-state index contributed by atoms with van der Waals surface area (Å²) >= 11 is 0. The van der Waals surface area contributed by atoms with Gasteiger partial charge in [0, 0.05) is 18.2 Å². The molecule has 4 aromatic rings. The van der Waals surface area contributed by atoms with Crippen molar-refractivity contribution in [3.63, 3.8) is 0 Å². The first-order chi connectivity index (χ1) is 18.8. The monoisotopic (exact) mass is 563 g/mol. The van der Waals surface area contributed by atoms with Gasteiger partial charge in [-0.05, 0) is 55.5 Å². The van der Waals surface area contributed by atoms with Crippen LogP contribution in [0.1, 0.15) is 53.5 Å². The van der Waals surface area contributed by atoms with Crippen LogP contribution in [0, 0.1) is 5.92 Å². The summed E-state index contributed by atoms with van der Waals surface area (Å²) in [6, 6.07) is 8.68. The van der Waals surface area contributed by atoms with Gasteiger partial charge in [-0.25, -0.2) is 19.7 Å². The number of imidazole rings is 1. The van der Waals surface area contributed by atoms with E-state index >= 15 is 0 Å². The van der Waals surface area contributed by atoms with Crippen molar-refractivity contribution in [3.05, 3.63) is 71.0 Å². The van der Waals surface area contributed by atoms with E-state index in [0.717, 1.165) is 43.5 Å². The summed E-state index contributed by atoms with van der Waals surface area (Å²) in [6.07, 6.45) is -6.19. The van der Waals surface area contributed by atoms with Crippen LogP contribution >= 0.6 is 0 Å². The number of carbonyl (C=O) groups is 1. The second kappa shape index (κ2) is 10.1. The molecule has 40 heavy (non-hydrogen) atoms. The van der Waals surface area contributed by atoms with Crippen molar-refractivity contribution in [2.75, 3.05) is 5.32 Å². The SMILES string of the molecule is CC(Nc1nc(C(=O)O)nc2nc(-c3cccc(C(F)(F)F)c3)n(Cc3ccc(C(F)(F)F)cc3)c12)C1CCC1. The van der Waals surface area contributed by atoms with E-state index in [1.54, 1.807) is 0 Å². The fourth-order valence-corrected chi connectivity index (χ4v) is 4.70. The molecule has 5 rings (SSSR count). The largest absolute Gasteiger partial charge is 0.475 e. The lowest BCUT2D eigenvalue weighted by Gasteiger charge is -2.32. The van der Waals surface area contributed by atoms with Gasteiger partial charge in [0.2, 0.25) is 5.82 Å². The summed E-state index contributed by atoms with van der Waals surface area (Å²) in [5.41, 5.74) is -1.16. The minimum Gasteiger partial charge on any atom is -0.475 e. The molecule has 0 amide bonds. The standard InChI is InChI=1S/C27H23F6N5O2/c1-14(16-4-2-5-16)34-21-20-22(36-23(35-21)25(39)40)37-24(17-6-3-7-19(12-17)27(31,32)33)38(20)13-15-8-10-18(11-9-15)26(28,29)30/h3,6-12,14,16H,2,4-5,13H2,1H3,(H,39,40)(H,34,35,36). The molecule has 2 N–H and O–H groups in total. The van der Waals surface area contributed by atoms with Crippen molar-refractivity contribution in [1.82, 2.24) is 19.5 Å². The number of hydrogen-bond acceptors (Lipinski definition) is 5. The highest BCUT2D eigenvalue weighted by Crippen LogP contribution is 2.36. The highest BCUT2D eigenvalue weighted by atomic mass is 19.4. The second-order valence-corrected chi connectivity index (χ2v) is 9.79. The van der Waals surface area contributed by atoms with E-state index in [9.17, 15) is 36.2 Å². The maximum Gasteiger partial charge on any atom is 0.416 e. The van der Waals surface area contributed by atoms with E-state index < -0.39 is 35.3 Å². The predicted octanol–water partition coefficient (Wildman–Crippen LogP) is 6.88. The first-order valence-corrected chi connectivity index (χ1v) is 12.4. The summed E-state index contributed by atoms with van der Waals surface area (Å²) in [4.78, 5) is 24.4. The Kier molecular flexibility index (Phi) is 6.92. The molecule has 1 aliphatic rings. The topological polar surface area (TPSA) is 92.9 Å². The van der Waals surface area contributed by atoms with Gasteiger partial charge < -0.3 is 15.0 Å². The third kappa shape index (κ3) is 5.45. The minimum atomic E-state index is -4.64. The van der Waals surface area contributed by atoms with Crippen molar-refractivity contribution in [2.45, 2.75) is 51.1 Å². The molecule has 0 aliphatic heterocycles. The van der Waals surface area contributed by atoms with Gasteiger partial charge in [-0.3, -0.25) is 0 Å². The Morgan fingerprint density at radius 1 is 1.00 bits per heavy atom. The van der Waals surface area contributed by atoms with Gasteiger partial charge in [-0.15, -0.1) is 0 Å². The van der Waals surface area contributed by atoms with Crippen LogP contribution in [0.3, 0.4) is 0 Å². The Bertz CT molecular complexity index is 1560. The average molecular weight is 564 g/mol. The number of anilines is 1. The Hall–Kier alpha value is -4.16. The molecule has 1 aliphatic carbocycles. The number of carboxylic acids is 1.